The van der Waals surface area contributed by atoms with Crippen molar-refractivity contribution in [2.75, 3.05) is 32.6 Å². The van der Waals surface area contributed by atoms with Crippen LogP contribution >= 0.6 is 0 Å². The van der Waals surface area contributed by atoms with Crippen LogP contribution in [0.4, 0.5) is 14.5 Å². The fourth-order valence-electron chi connectivity index (χ4n) is 7.07. The molecule has 45 heavy (non-hydrogen) atoms. The number of hydrogen-bond acceptors (Lipinski definition) is 6. The average Bonchev–Trinajstić information content (AvgIpc) is 3.59. The number of fused-ring (bicyclic) bond motifs is 2. The molecule has 1 amide bonds. The lowest BCUT2D eigenvalue weighted by Crippen LogP contribution is -2.60. The lowest BCUT2D eigenvalue weighted by molar-refractivity contribution is -0.150. The van der Waals surface area contributed by atoms with E-state index < -0.39 is 5.92 Å². The van der Waals surface area contributed by atoms with E-state index in [4.69, 9.17) is 14.5 Å². The quantitative estimate of drug-likeness (QED) is 0.227. The van der Waals surface area contributed by atoms with Gasteiger partial charge in [-0.05, 0) is 62.9 Å². The maximum absolute atomic E-state index is 13.5. The Kier molecular flexibility index (Phi) is 7.23. The summed E-state index contributed by atoms with van der Waals surface area (Å²) in [5, 5.41) is 3.87. The molecule has 11 heteroatoms. The molecule has 0 spiro atoms. The first-order chi connectivity index (χ1) is 21.7. The predicted molar refractivity (Wildman–Crippen MR) is 169 cm³/mol. The smallest absolute Gasteiger partial charge is 0.272 e. The summed E-state index contributed by atoms with van der Waals surface area (Å²) in [7, 11) is 5.04. The van der Waals surface area contributed by atoms with Gasteiger partial charge >= 0.3 is 0 Å². The Hall–Kier alpha value is -4.51. The molecule has 2 fully saturated rings. The molecular formula is C34H36F2N6O3. The summed E-state index contributed by atoms with van der Waals surface area (Å²) < 4.78 is 42.1. The van der Waals surface area contributed by atoms with Crippen LogP contribution in [0.2, 0.25) is 0 Å². The van der Waals surface area contributed by atoms with E-state index >= 15 is 0 Å². The summed E-state index contributed by atoms with van der Waals surface area (Å²) in [5.74, 6) is -0.428. The Morgan fingerprint density at radius 3 is 2.49 bits per heavy atom. The lowest BCUT2D eigenvalue weighted by atomic mass is 9.83. The molecule has 0 atom stereocenters. The number of carbonyl (C=O) groups is 1. The molecule has 1 saturated heterocycles. The maximum atomic E-state index is 13.5. The van der Waals surface area contributed by atoms with Gasteiger partial charge in [0.2, 0.25) is 0 Å². The number of anilines is 1. The second-order valence-corrected chi connectivity index (χ2v) is 12.2. The zero-order valence-electron chi connectivity index (χ0n) is 25.8. The van der Waals surface area contributed by atoms with Crippen LogP contribution in [0.3, 0.4) is 0 Å². The van der Waals surface area contributed by atoms with Crippen molar-refractivity contribution in [3.8, 4) is 22.8 Å². The van der Waals surface area contributed by atoms with E-state index in [0.29, 0.717) is 22.9 Å². The van der Waals surface area contributed by atoms with Gasteiger partial charge in [0.05, 0.1) is 55.4 Å². The molecule has 7 rings (SSSR count). The van der Waals surface area contributed by atoms with Crippen LogP contribution in [0.25, 0.3) is 27.7 Å². The maximum Gasteiger partial charge on any atom is 0.272 e. The molecule has 1 N–H and O–H groups in total. The molecule has 1 aliphatic carbocycles. The third kappa shape index (κ3) is 5.08. The van der Waals surface area contributed by atoms with Crippen molar-refractivity contribution in [1.82, 2.24) is 23.8 Å². The number of aromatic nitrogens is 4. The summed E-state index contributed by atoms with van der Waals surface area (Å²) in [5.41, 5.74) is 5.32. The van der Waals surface area contributed by atoms with Crippen molar-refractivity contribution in [1.29, 1.82) is 0 Å². The van der Waals surface area contributed by atoms with E-state index in [1.807, 2.05) is 72.1 Å². The summed E-state index contributed by atoms with van der Waals surface area (Å²) in [6, 6.07) is 13.4. The SMILES string of the molecule is COc1cc(-c2nc(C3CCC(N4CC(F)(F)C4)CC3)n3ccnc(C)c23)ccc1NC(=O)c1cc2c(OC)cccc2n1C. The molecule has 4 heterocycles. The van der Waals surface area contributed by atoms with Gasteiger partial charge in [-0.2, -0.15) is 0 Å². The normalized spacial score (nSPS) is 19.9. The van der Waals surface area contributed by atoms with Crippen LogP contribution in [0.1, 0.15) is 53.6 Å². The number of halogens is 2. The number of ether oxygens (including phenoxy) is 2. The Morgan fingerprint density at radius 2 is 1.78 bits per heavy atom. The first kappa shape index (κ1) is 29.2. The standard InChI is InChI=1S/C34H36F2N6O3/c1-20-31-30(39-32(42(31)15-14-37-20)21-8-11-23(12-9-21)41-18-34(35,36)19-41)22-10-13-25(29(16-22)45-4)38-33(43)27-17-24-26(40(27)2)6-5-7-28(24)44-3/h5-7,10,13-17,21,23H,8-9,11-12,18-19H2,1-4H3,(H,38,43). The van der Waals surface area contributed by atoms with Crippen molar-refractivity contribution < 1.29 is 23.0 Å². The monoisotopic (exact) mass is 614 g/mol. The predicted octanol–water partition coefficient (Wildman–Crippen LogP) is 6.44. The van der Waals surface area contributed by atoms with Crippen LogP contribution in [0, 0.1) is 6.92 Å². The van der Waals surface area contributed by atoms with Crippen molar-refractivity contribution in [2.24, 2.45) is 7.05 Å². The second-order valence-electron chi connectivity index (χ2n) is 12.2. The minimum absolute atomic E-state index is 0.126. The van der Waals surface area contributed by atoms with Gasteiger partial charge in [0.15, 0.2) is 0 Å². The summed E-state index contributed by atoms with van der Waals surface area (Å²) in [4.78, 5) is 25.1. The number of carbonyl (C=O) groups excluding carboxylic acids is 1. The van der Waals surface area contributed by atoms with Crippen molar-refractivity contribution in [3.05, 3.63) is 72.1 Å². The Labute approximate surface area is 259 Å². The van der Waals surface area contributed by atoms with E-state index in [1.165, 1.54) is 0 Å². The van der Waals surface area contributed by atoms with Gasteiger partial charge in [-0.3, -0.25) is 19.1 Å². The first-order valence-electron chi connectivity index (χ1n) is 15.2. The third-order valence-electron chi connectivity index (χ3n) is 9.43. The van der Waals surface area contributed by atoms with Crippen molar-refractivity contribution in [2.45, 2.75) is 50.5 Å². The third-order valence-corrected chi connectivity index (χ3v) is 9.43. The number of amides is 1. The molecular weight excluding hydrogens is 578 g/mol. The number of hydrogen-bond donors (Lipinski definition) is 1. The highest BCUT2D eigenvalue weighted by molar-refractivity contribution is 6.08. The van der Waals surface area contributed by atoms with Gasteiger partial charge in [-0.25, -0.2) is 13.8 Å². The van der Waals surface area contributed by atoms with E-state index in [2.05, 4.69) is 14.7 Å². The molecule has 2 aromatic carbocycles. The largest absolute Gasteiger partial charge is 0.496 e. The number of aryl methyl sites for hydroxylation is 2. The van der Waals surface area contributed by atoms with Gasteiger partial charge in [0, 0.05) is 42.4 Å². The Morgan fingerprint density at radius 1 is 1.02 bits per heavy atom. The van der Waals surface area contributed by atoms with Crippen LogP contribution in [0.5, 0.6) is 11.5 Å². The van der Waals surface area contributed by atoms with Crippen LogP contribution < -0.4 is 14.8 Å². The summed E-state index contributed by atoms with van der Waals surface area (Å²) in [6.45, 7) is 1.72. The van der Waals surface area contributed by atoms with E-state index in [1.54, 1.807) is 20.4 Å². The Balaban J connectivity index is 1.16. The highest BCUT2D eigenvalue weighted by atomic mass is 19.3. The number of methoxy groups -OCH3 is 2. The minimum atomic E-state index is -2.54. The van der Waals surface area contributed by atoms with Crippen LogP contribution in [-0.4, -0.2) is 69.0 Å². The molecule has 5 aromatic rings. The van der Waals surface area contributed by atoms with Gasteiger partial charge in [-0.1, -0.05) is 12.1 Å². The van der Waals surface area contributed by atoms with Crippen molar-refractivity contribution >= 4 is 28.0 Å². The number of rotatable bonds is 7. The molecule has 1 saturated carbocycles. The molecule has 1 aliphatic heterocycles. The summed E-state index contributed by atoms with van der Waals surface area (Å²) >= 11 is 0. The van der Waals surface area contributed by atoms with E-state index in [9.17, 15) is 13.6 Å². The van der Waals surface area contributed by atoms with Gasteiger partial charge in [0.1, 0.15) is 23.0 Å². The molecule has 9 nitrogen and oxygen atoms in total. The molecule has 0 unspecified atom stereocenters. The molecule has 3 aromatic heterocycles. The van der Waals surface area contributed by atoms with Gasteiger partial charge in [0.25, 0.3) is 11.8 Å². The molecule has 0 bridgehead atoms. The molecule has 0 radical (unpaired) electrons. The lowest BCUT2D eigenvalue weighted by Gasteiger charge is -2.46. The zero-order valence-corrected chi connectivity index (χ0v) is 25.8. The van der Waals surface area contributed by atoms with Gasteiger partial charge < -0.3 is 19.4 Å². The first-order valence-corrected chi connectivity index (χ1v) is 15.2. The van der Waals surface area contributed by atoms with Gasteiger partial charge in [-0.15, -0.1) is 0 Å². The number of benzene rings is 2. The molecule has 234 valence electrons. The van der Waals surface area contributed by atoms with Crippen LogP contribution in [0.15, 0.2) is 54.9 Å². The van der Waals surface area contributed by atoms with Crippen molar-refractivity contribution in [3.63, 3.8) is 0 Å². The molecule has 2 aliphatic rings. The fourth-order valence-corrected chi connectivity index (χ4v) is 7.07. The van der Waals surface area contributed by atoms with Crippen LogP contribution in [-0.2, 0) is 7.05 Å². The number of alkyl halides is 2. The highest BCUT2D eigenvalue weighted by Gasteiger charge is 2.47. The topological polar surface area (TPSA) is 85.9 Å². The number of nitrogens with zero attached hydrogens (tertiary/aromatic N) is 5. The minimum Gasteiger partial charge on any atom is -0.496 e. The van der Waals surface area contributed by atoms with E-state index in [-0.39, 0.29) is 31.0 Å². The number of nitrogens with one attached hydrogen (secondary N) is 1. The van der Waals surface area contributed by atoms with E-state index in [0.717, 1.165) is 64.9 Å². The zero-order chi connectivity index (χ0) is 31.5. The average molecular weight is 615 g/mol. The number of likely N-dealkylation sites (tertiary alicyclic amines) is 1. The second kappa shape index (κ2) is 11.1. The highest BCUT2D eigenvalue weighted by Crippen LogP contribution is 2.41. The Bertz CT molecular complexity index is 1920. The summed E-state index contributed by atoms with van der Waals surface area (Å²) in [6.07, 6.45) is 7.26. The fraction of sp³-hybridized carbons (Fsp3) is 0.382. The number of imidazole rings is 1.